The smallest absolute Gasteiger partial charge is 0.245 e. The summed E-state index contributed by atoms with van der Waals surface area (Å²) in [5, 5.41) is 10.3. The van der Waals surface area contributed by atoms with Gasteiger partial charge in [0.2, 0.25) is 11.8 Å². The number of aromatic nitrogens is 2. The summed E-state index contributed by atoms with van der Waals surface area (Å²) in [6, 6.07) is 1.36. The molecule has 8 nitrogen and oxygen atoms in total. The first-order valence-corrected chi connectivity index (χ1v) is 9.02. The van der Waals surface area contributed by atoms with Crippen molar-refractivity contribution in [3.8, 4) is 0 Å². The van der Waals surface area contributed by atoms with Gasteiger partial charge in [-0.1, -0.05) is 6.92 Å². The highest BCUT2D eigenvalue weighted by Crippen LogP contribution is 2.29. The lowest BCUT2D eigenvalue weighted by atomic mass is 10.0. The van der Waals surface area contributed by atoms with E-state index in [1.807, 2.05) is 17.7 Å². The van der Waals surface area contributed by atoms with Gasteiger partial charge in [0, 0.05) is 18.3 Å². The highest BCUT2D eigenvalue weighted by Gasteiger charge is 2.49. The van der Waals surface area contributed by atoms with Gasteiger partial charge in [0.25, 0.3) is 0 Å². The summed E-state index contributed by atoms with van der Waals surface area (Å²) >= 11 is 0. The molecule has 0 aromatic carbocycles. The number of hydrogen-bond donors (Lipinski definition) is 2. The lowest BCUT2D eigenvalue weighted by Gasteiger charge is -2.26. The van der Waals surface area contributed by atoms with Crippen molar-refractivity contribution in [2.45, 2.75) is 62.9 Å². The van der Waals surface area contributed by atoms with E-state index in [2.05, 4.69) is 15.7 Å². The molecule has 4 heterocycles. The summed E-state index contributed by atoms with van der Waals surface area (Å²) in [5.41, 5.74) is 1.10. The molecule has 0 bridgehead atoms. The molecule has 2 saturated heterocycles. The molecule has 1 unspecified atom stereocenters. The Morgan fingerprint density at radius 3 is 2.68 bits per heavy atom. The molecular weight excluding hydrogens is 324 g/mol. The second-order valence-electron chi connectivity index (χ2n) is 6.91. The van der Waals surface area contributed by atoms with Gasteiger partial charge in [-0.3, -0.25) is 14.3 Å². The minimum atomic E-state index is -0.269. The molecule has 0 spiro atoms. The SMILES string of the molecule is CCC(=O)N[C@H]1CO[C@H]2[C@@H]1OC[C@@H]2NC(=O)C1CCCc2ccnn21. The van der Waals surface area contributed by atoms with Crippen LogP contribution in [0.2, 0.25) is 0 Å². The number of hydrogen-bond acceptors (Lipinski definition) is 5. The molecule has 0 saturated carbocycles. The van der Waals surface area contributed by atoms with Gasteiger partial charge in [-0.05, 0) is 25.3 Å². The van der Waals surface area contributed by atoms with Crippen molar-refractivity contribution in [3.05, 3.63) is 18.0 Å². The van der Waals surface area contributed by atoms with Crippen molar-refractivity contribution in [2.24, 2.45) is 0 Å². The van der Waals surface area contributed by atoms with E-state index in [-0.39, 0.29) is 42.1 Å². The standard InChI is InChI=1S/C17H24N4O4/c1-2-14(22)19-11-8-24-16-12(9-25-15(11)16)20-17(23)13-5-3-4-10-6-7-18-21(10)13/h6-7,11-13,15-16H,2-5,8-9H2,1H3,(H,19,22)(H,20,23)/t11-,12-,13?,15+,16+/m0/s1. The first-order valence-electron chi connectivity index (χ1n) is 9.02. The Bertz CT molecular complexity index is 661. The lowest BCUT2D eigenvalue weighted by molar-refractivity contribution is -0.126. The Morgan fingerprint density at radius 2 is 1.96 bits per heavy atom. The summed E-state index contributed by atoms with van der Waals surface area (Å²) in [5.74, 6) is -0.0534. The summed E-state index contributed by atoms with van der Waals surface area (Å²) in [6.07, 6.45) is 4.50. The molecule has 2 amide bonds. The summed E-state index contributed by atoms with van der Waals surface area (Å²) in [6.45, 7) is 2.63. The number of fused-ring (bicyclic) bond motifs is 2. The molecule has 25 heavy (non-hydrogen) atoms. The van der Waals surface area contributed by atoms with Gasteiger partial charge in [-0.15, -0.1) is 0 Å². The molecule has 3 aliphatic rings. The highest BCUT2D eigenvalue weighted by atomic mass is 16.6. The second kappa shape index (κ2) is 6.76. The molecular formula is C17H24N4O4. The molecule has 0 aliphatic carbocycles. The third-order valence-electron chi connectivity index (χ3n) is 5.31. The van der Waals surface area contributed by atoms with Crippen LogP contribution in [0.5, 0.6) is 0 Å². The van der Waals surface area contributed by atoms with Crippen LogP contribution in [0.1, 0.15) is 37.9 Å². The maximum atomic E-state index is 12.8. The maximum absolute atomic E-state index is 12.8. The summed E-state index contributed by atoms with van der Waals surface area (Å²) < 4.78 is 13.5. The van der Waals surface area contributed by atoms with E-state index >= 15 is 0 Å². The number of nitrogens with one attached hydrogen (secondary N) is 2. The summed E-state index contributed by atoms with van der Waals surface area (Å²) in [7, 11) is 0. The molecule has 4 rings (SSSR count). The van der Waals surface area contributed by atoms with Crippen molar-refractivity contribution in [3.63, 3.8) is 0 Å². The fourth-order valence-electron chi connectivity index (χ4n) is 4.00. The topological polar surface area (TPSA) is 94.5 Å². The van der Waals surface area contributed by atoms with Crippen molar-refractivity contribution in [2.75, 3.05) is 13.2 Å². The third-order valence-corrected chi connectivity index (χ3v) is 5.31. The van der Waals surface area contributed by atoms with Crippen LogP contribution in [0.25, 0.3) is 0 Å². The average molecular weight is 348 g/mol. The predicted molar refractivity (Wildman–Crippen MR) is 87.8 cm³/mol. The zero-order valence-electron chi connectivity index (χ0n) is 14.3. The summed E-state index contributed by atoms with van der Waals surface area (Å²) in [4.78, 5) is 24.4. The highest BCUT2D eigenvalue weighted by molar-refractivity contribution is 5.81. The molecule has 3 aliphatic heterocycles. The Labute approximate surface area is 146 Å². The molecule has 2 fully saturated rings. The number of nitrogens with zero attached hydrogens (tertiary/aromatic N) is 2. The molecule has 5 atom stereocenters. The van der Waals surface area contributed by atoms with E-state index in [0.29, 0.717) is 19.6 Å². The van der Waals surface area contributed by atoms with Crippen LogP contribution in [0, 0.1) is 0 Å². The van der Waals surface area contributed by atoms with Crippen LogP contribution in [0.15, 0.2) is 12.3 Å². The fraction of sp³-hybridized carbons (Fsp3) is 0.706. The van der Waals surface area contributed by atoms with Crippen molar-refractivity contribution >= 4 is 11.8 Å². The molecule has 8 heteroatoms. The van der Waals surface area contributed by atoms with Crippen LogP contribution < -0.4 is 10.6 Å². The zero-order valence-corrected chi connectivity index (χ0v) is 14.3. The van der Waals surface area contributed by atoms with Crippen LogP contribution >= 0.6 is 0 Å². The molecule has 0 radical (unpaired) electrons. The molecule has 1 aromatic heterocycles. The Kier molecular flexibility index (Phi) is 4.47. The van der Waals surface area contributed by atoms with Crippen molar-refractivity contribution in [1.82, 2.24) is 20.4 Å². The monoisotopic (exact) mass is 348 g/mol. The van der Waals surface area contributed by atoms with Gasteiger partial charge >= 0.3 is 0 Å². The second-order valence-corrected chi connectivity index (χ2v) is 6.91. The van der Waals surface area contributed by atoms with E-state index in [1.165, 1.54) is 0 Å². The average Bonchev–Trinajstić information content (AvgIpc) is 3.32. The first kappa shape index (κ1) is 16.5. The maximum Gasteiger partial charge on any atom is 0.245 e. The van der Waals surface area contributed by atoms with Crippen LogP contribution in [0.4, 0.5) is 0 Å². The Balaban J connectivity index is 1.38. The number of ether oxygens (including phenoxy) is 2. The first-order chi connectivity index (χ1) is 12.2. The van der Waals surface area contributed by atoms with E-state index in [9.17, 15) is 9.59 Å². The lowest BCUT2D eigenvalue weighted by Crippen LogP contribution is -2.48. The van der Waals surface area contributed by atoms with E-state index < -0.39 is 0 Å². The van der Waals surface area contributed by atoms with Crippen LogP contribution in [-0.2, 0) is 25.5 Å². The van der Waals surface area contributed by atoms with Crippen LogP contribution in [0.3, 0.4) is 0 Å². The normalized spacial score (nSPS) is 33.6. The van der Waals surface area contributed by atoms with E-state index in [0.717, 1.165) is 25.0 Å². The Morgan fingerprint density at radius 1 is 1.24 bits per heavy atom. The Hall–Kier alpha value is -1.93. The minimum Gasteiger partial charge on any atom is -0.371 e. The van der Waals surface area contributed by atoms with Gasteiger partial charge < -0.3 is 20.1 Å². The van der Waals surface area contributed by atoms with Gasteiger partial charge in [-0.25, -0.2) is 0 Å². The van der Waals surface area contributed by atoms with Crippen molar-refractivity contribution in [1.29, 1.82) is 0 Å². The predicted octanol–water partition coefficient (Wildman–Crippen LogP) is -0.0623. The number of rotatable bonds is 4. The van der Waals surface area contributed by atoms with Gasteiger partial charge in [0.05, 0.1) is 25.3 Å². The van der Waals surface area contributed by atoms with E-state index in [4.69, 9.17) is 9.47 Å². The number of carbonyl (C=O) groups excluding carboxylic acids is 2. The van der Waals surface area contributed by atoms with E-state index in [1.54, 1.807) is 6.20 Å². The molecule has 1 aromatic rings. The largest absolute Gasteiger partial charge is 0.371 e. The number of aryl methyl sites for hydroxylation is 1. The third kappa shape index (κ3) is 3.04. The van der Waals surface area contributed by atoms with Crippen molar-refractivity contribution < 1.29 is 19.1 Å². The van der Waals surface area contributed by atoms with Gasteiger partial charge in [0.1, 0.15) is 18.2 Å². The van der Waals surface area contributed by atoms with Crippen LogP contribution in [-0.4, -0.2) is 59.1 Å². The minimum absolute atomic E-state index is 0.0150. The molecule has 136 valence electrons. The number of amides is 2. The molecule has 2 N–H and O–H groups in total. The zero-order chi connectivity index (χ0) is 17.4. The van der Waals surface area contributed by atoms with Gasteiger partial charge in [0.15, 0.2) is 0 Å². The fourth-order valence-corrected chi connectivity index (χ4v) is 4.00. The van der Waals surface area contributed by atoms with Gasteiger partial charge in [-0.2, -0.15) is 5.10 Å². The quantitative estimate of drug-likeness (QED) is 0.795. The number of carbonyl (C=O) groups is 2.